The fraction of sp³-hybridized carbons (Fsp3) is 0.312. The fourth-order valence-electron chi connectivity index (χ4n) is 2.61. The number of nitrogens with zero attached hydrogens (tertiary/aromatic N) is 4. The summed E-state index contributed by atoms with van der Waals surface area (Å²) in [6.07, 6.45) is 1.57. The molecule has 0 unspecified atom stereocenters. The van der Waals surface area contributed by atoms with Crippen LogP contribution in [0.5, 0.6) is 0 Å². The standard InChI is InChI=1S/C16H16Cl2N6O3S/c1-7(2)4-23-12(19)11(14(26)20-15(23)27)10(25)6-28-16-22-21-13-9(18)3-8(17)5-24(13)16/h3,5,7H,4,6,19H2,1-2H3,(H,20,26,27). The number of anilines is 1. The number of carbonyl (C=O) groups is 1. The maximum absolute atomic E-state index is 12.7. The lowest BCUT2D eigenvalue weighted by Gasteiger charge is -2.13. The number of fused-ring (bicyclic) bond motifs is 1. The number of thioether (sulfide) groups is 1. The Bertz CT molecular complexity index is 1180. The van der Waals surface area contributed by atoms with E-state index in [2.05, 4.69) is 15.2 Å². The van der Waals surface area contributed by atoms with E-state index >= 15 is 0 Å². The molecule has 0 saturated carbocycles. The first-order chi connectivity index (χ1) is 13.2. The van der Waals surface area contributed by atoms with E-state index < -0.39 is 17.0 Å². The minimum absolute atomic E-state index is 0.0973. The predicted octanol–water partition coefficient (Wildman–Crippen LogP) is 2.10. The minimum Gasteiger partial charge on any atom is -0.384 e. The van der Waals surface area contributed by atoms with Crippen molar-refractivity contribution in [3.63, 3.8) is 0 Å². The monoisotopic (exact) mass is 442 g/mol. The van der Waals surface area contributed by atoms with Crippen LogP contribution in [0.1, 0.15) is 24.2 Å². The third-order valence-electron chi connectivity index (χ3n) is 3.79. The number of H-pyrrole nitrogens is 1. The van der Waals surface area contributed by atoms with Crippen molar-refractivity contribution in [1.82, 2.24) is 24.1 Å². The van der Waals surface area contributed by atoms with Crippen LogP contribution in [0.25, 0.3) is 5.65 Å². The molecule has 0 amide bonds. The second kappa shape index (κ2) is 7.98. The Morgan fingerprint density at radius 3 is 2.71 bits per heavy atom. The third-order valence-corrected chi connectivity index (χ3v) is 5.22. The van der Waals surface area contributed by atoms with Crippen LogP contribution in [0.4, 0.5) is 5.82 Å². The van der Waals surface area contributed by atoms with Crippen LogP contribution in [0, 0.1) is 5.92 Å². The second-order valence-electron chi connectivity index (χ2n) is 6.42. The zero-order valence-corrected chi connectivity index (χ0v) is 17.2. The molecule has 0 bridgehead atoms. The summed E-state index contributed by atoms with van der Waals surface area (Å²) in [7, 11) is 0. The van der Waals surface area contributed by atoms with Gasteiger partial charge in [-0.3, -0.25) is 23.5 Å². The van der Waals surface area contributed by atoms with Gasteiger partial charge in [0.15, 0.2) is 16.6 Å². The number of hydrogen-bond donors (Lipinski definition) is 2. The van der Waals surface area contributed by atoms with Crippen LogP contribution in [-0.4, -0.2) is 35.7 Å². The first-order valence-corrected chi connectivity index (χ1v) is 9.91. The summed E-state index contributed by atoms with van der Waals surface area (Å²) in [4.78, 5) is 38.9. The predicted molar refractivity (Wildman–Crippen MR) is 109 cm³/mol. The van der Waals surface area contributed by atoms with Gasteiger partial charge in [0.1, 0.15) is 11.4 Å². The van der Waals surface area contributed by atoms with E-state index in [4.69, 9.17) is 28.9 Å². The van der Waals surface area contributed by atoms with Crippen molar-refractivity contribution in [3.8, 4) is 0 Å². The highest BCUT2D eigenvalue weighted by Gasteiger charge is 2.21. The molecule has 0 fully saturated rings. The molecule has 0 aliphatic carbocycles. The van der Waals surface area contributed by atoms with Gasteiger partial charge in [0.2, 0.25) is 0 Å². The zero-order chi connectivity index (χ0) is 20.6. The number of hydrogen-bond acceptors (Lipinski definition) is 7. The normalized spacial score (nSPS) is 11.5. The van der Waals surface area contributed by atoms with Crippen LogP contribution < -0.4 is 17.0 Å². The summed E-state index contributed by atoms with van der Waals surface area (Å²) in [6, 6.07) is 1.53. The number of Topliss-reactive ketones (excluding diaryl/α,β-unsaturated/α-hetero) is 1. The Balaban J connectivity index is 1.90. The van der Waals surface area contributed by atoms with Crippen LogP contribution >= 0.6 is 35.0 Å². The quantitative estimate of drug-likeness (QED) is 0.441. The summed E-state index contributed by atoms with van der Waals surface area (Å²) in [5.41, 5.74) is 4.64. The van der Waals surface area contributed by atoms with Crippen molar-refractivity contribution in [3.05, 3.63) is 48.7 Å². The molecule has 3 N–H and O–H groups in total. The Morgan fingerprint density at radius 1 is 1.32 bits per heavy atom. The molecule has 3 rings (SSSR count). The van der Waals surface area contributed by atoms with Gasteiger partial charge >= 0.3 is 5.69 Å². The topological polar surface area (TPSA) is 128 Å². The van der Waals surface area contributed by atoms with Crippen LogP contribution in [0.3, 0.4) is 0 Å². The van der Waals surface area contributed by atoms with Crippen molar-refractivity contribution in [1.29, 1.82) is 0 Å². The van der Waals surface area contributed by atoms with Gasteiger partial charge in [-0.25, -0.2) is 4.79 Å². The number of aromatic nitrogens is 5. The van der Waals surface area contributed by atoms with Gasteiger partial charge in [-0.2, -0.15) is 0 Å². The van der Waals surface area contributed by atoms with Gasteiger partial charge in [-0.15, -0.1) is 10.2 Å². The molecule has 12 heteroatoms. The molecule has 0 atom stereocenters. The molecular weight excluding hydrogens is 427 g/mol. The van der Waals surface area contributed by atoms with Gasteiger partial charge in [0, 0.05) is 12.7 Å². The number of nitrogen functional groups attached to an aromatic ring is 1. The van der Waals surface area contributed by atoms with Gasteiger partial charge < -0.3 is 5.73 Å². The number of aromatic amines is 1. The van der Waals surface area contributed by atoms with E-state index in [1.54, 1.807) is 10.6 Å². The second-order valence-corrected chi connectivity index (χ2v) is 8.20. The van der Waals surface area contributed by atoms with Gasteiger partial charge in [-0.05, 0) is 12.0 Å². The van der Waals surface area contributed by atoms with E-state index in [0.29, 0.717) is 20.8 Å². The Hall–Kier alpha value is -2.30. The lowest BCUT2D eigenvalue weighted by atomic mass is 10.2. The highest BCUT2D eigenvalue weighted by molar-refractivity contribution is 7.99. The number of nitrogens with one attached hydrogen (secondary N) is 1. The van der Waals surface area contributed by atoms with Crippen LogP contribution in [-0.2, 0) is 6.54 Å². The van der Waals surface area contributed by atoms with E-state index in [9.17, 15) is 14.4 Å². The molecule has 0 spiro atoms. The van der Waals surface area contributed by atoms with E-state index in [1.807, 2.05) is 13.8 Å². The molecule has 0 aromatic carbocycles. The summed E-state index contributed by atoms with van der Waals surface area (Å²) < 4.78 is 2.74. The maximum Gasteiger partial charge on any atom is 0.329 e. The van der Waals surface area contributed by atoms with E-state index in [-0.39, 0.29) is 29.6 Å². The van der Waals surface area contributed by atoms with Crippen LogP contribution in [0.15, 0.2) is 27.0 Å². The molecule has 0 aliphatic heterocycles. The highest BCUT2D eigenvalue weighted by atomic mass is 35.5. The smallest absolute Gasteiger partial charge is 0.329 e. The van der Waals surface area contributed by atoms with Gasteiger partial charge in [0.05, 0.1) is 15.8 Å². The SMILES string of the molecule is CC(C)Cn1c(N)c(C(=O)CSc2nnc3c(Cl)cc(Cl)cn23)c(=O)[nH]c1=O. The van der Waals surface area contributed by atoms with E-state index in [0.717, 1.165) is 11.8 Å². The van der Waals surface area contributed by atoms with Crippen molar-refractivity contribution in [2.24, 2.45) is 5.92 Å². The number of halogens is 2. The Labute approximate surface area is 172 Å². The van der Waals surface area contributed by atoms with E-state index in [1.165, 1.54) is 10.6 Å². The average Bonchev–Trinajstić information content (AvgIpc) is 2.99. The largest absolute Gasteiger partial charge is 0.384 e. The molecule has 9 nitrogen and oxygen atoms in total. The average molecular weight is 443 g/mol. The van der Waals surface area contributed by atoms with Gasteiger partial charge in [-0.1, -0.05) is 48.8 Å². The van der Waals surface area contributed by atoms with Crippen molar-refractivity contribution in [2.75, 3.05) is 11.5 Å². The third kappa shape index (κ3) is 3.94. The van der Waals surface area contributed by atoms with Crippen molar-refractivity contribution < 1.29 is 4.79 Å². The molecule has 3 aromatic heterocycles. The number of carbonyl (C=O) groups excluding carboxylic acids is 1. The number of nitrogens with two attached hydrogens (primary N) is 1. The molecule has 3 heterocycles. The van der Waals surface area contributed by atoms with Gasteiger partial charge in [0.25, 0.3) is 5.56 Å². The first-order valence-electron chi connectivity index (χ1n) is 8.17. The molecule has 0 saturated heterocycles. The lowest BCUT2D eigenvalue weighted by molar-refractivity contribution is 0.102. The first kappa shape index (κ1) is 20.4. The molecule has 148 valence electrons. The number of pyridine rings is 1. The number of rotatable bonds is 6. The molecule has 0 aliphatic rings. The fourth-order valence-corrected chi connectivity index (χ4v) is 3.90. The summed E-state index contributed by atoms with van der Waals surface area (Å²) in [5, 5.41) is 9.02. The summed E-state index contributed by atoms with van der Waals surface area (Å²) in [5.74, 6) is -0.727. The summed E-state index contributed by atoms with van der Waals surface area (Å²) >= 11 is 13.1. The molecule has 28 heavy (non-hydrogen) atoms. The molecule has 0 radical (unpaired) electrons. The maximum atomic E-state index is 12.7. The Morgan fingerprint density at radius 2 is 2.04 bits per heavy atom. The minimum atomic E-state index is -0.815. The van der Waals surface area contributed by atoms with Crippen molar-refractivity contribution in [2.45, 2.75) is 25.5 Å². The number of ketones is 1. The van der Waals surface area contributed by atoms with Crippen molar-refractivity contribution >= 4 is 52.2 Å². The zero-order valence-electron chi connectivity index (χ0n) is 14.9. The molecular formula is C16H16Cl2N6O3S. The Kier molecular flexibility index (Phi) is 5.82. The highest BCUT2D eigenvalue weighted by Crippen LogP contribution is 2.25. The lowest BCUT2D eigenvalue weighted by Crippen LogP contribution is -2.37. The van der Waals surface area contributed by atoms with Crippen LogP contribution in [0.2, 0.25) is 10.0 Å². The molecule has 3 aromatic rings. The summed E-state index contributed by atoms with van der Waals surface area (Å²) in [6.45, 7) is 4.06.